The molecule has 0 radical (unpaired) electrons. The molecule has 3 rings (SSSR count). The van der Waals surface area contributed by atoms with Crippen molar-refractivity contribution in [3.8, 4) is 11.5 Å². The molecule has 0 atom stereocenters. The zero-order valence-corrected chi connectivity index (χ0v) is 16.6. The maximum atomic E-state index is 13.0. The van der Waals surface area contributed by atoms with Gasteiger partial charge in [0, 0.05) is 44.6 Å². The van der Waals surface area contributed by atoms with E-state index in [2.05, 4.69) is 20.8 Å². The van der Waals surface area contributed by atoms with Gasteiger partial charge in [0.25, 0.3) is 5.91 Å². The van der Waals surface area contributed by atoms with E-state index >= 15 is 0 Å². The van der Waals surface area contributed by atoms with Crippen LogP contribution in [0.1, 0.15) is 50.4 Å². The molecule has 1 saturated heterocycles. The van der Waals surface area contributed by atoms with Crippen LogP contribution in [0.3, 0.4) is 0 Å². The molecule has 1 aromatic carbocycles. The second-order valence-corrected chi connectivity index (χ2v) is 8.48. The summed E-state index contributed by atoms with van der Waals surface area (Å²) in [6.45, 7) is 9.96. The Kier molecular flexibility index (Phi) is 5.92. The Labute approximate surface area is 161 Å². The van der Waals surface area contributed by atoms with Crippen molar-refractivity contribution in [2.24, 2.45) is 5.41 Å². The first-order chi connectivity index (χ1) is 12.8. The molecule has 0 aromatic heterocycles. The summed E-state index contributed by atoms with van der Waals surface area (Å²) in [5.74, 6) is 1.48. The van der Waals surface area contributed by atoms with Gasteiger partial charge < -0.3 is 19.3 Å². The number of carbonyl (C=O) groups excluding carboxylic acids is 2. The van der Waals surface area contributed by atoms with Crippen LogP contribution in [0.25, 0.3) is 0 Å². The van der Waals surface area contributed by atoms with E-state index in [9.17, 15) is 9.59 Å². The normalized spacial score (nSPS) is 17.9. The molecule has 1 fully saturated rings. The highest BCUT2D eigenvalue weighted by atomic mass is 16.5. The van der Waals surface area contributed by atoms with Crippen molar-refractivity contribution < 1.29 is 19.1 Å². The minimum absolute atomic E-state index is 0.0178. The van der Waals surface area contributed by atoms with E-state index in [4.69, 9.17) is 9.47 Å². The largest absolute Gasteiger partial charge is 0.490 e. The SMILES string of the molecule is CC(C)(C)CC(=O)N1CCCN(C(=O)c2ccc3c(c2)OCCCO3)CC1. The molecular weight excluding hydrogens is 344 g/mol. The predicted molar refractivity (Wildman–Crippen MR) is 103 cm³/mol. The maximum absolute atomic E-state index is 13.0. The number of rotatable bonds is 2. The number of fused-ring (bicyclic) bond motifs is 1. The molecule has 2 aliphatic rings. The third-order valence-corrected chi connectivity index (χ3v) is 4.81. The smallest absolute Gasteiger partial charge is 0.254 e. The van der Waals surface area contributed by atoms with Gasteiger partial charge >= 0.3 is 0 Å². The molecule has 2 amide bonds. The lowest BCUT2D eigenvalue weighted by atomic mass is 9.91. The summed E-state index contributed by atoms with van der Waals surface area (Å²) in [6.07, 6.45) is 2.16. The molecular formula is C21H30N2O4. The van der Waals surface area contributed by atoms with Crippen LogP contribution in [0.2, 0.25) is 0 Å². The summed E-state index contributed by atoms with van der Waals surface area (Å²) in [5, 5.41) is 0. The van der Waals surface area contributed by atoms with Crippen LogP contribution < -0.4 is 9.47 Å². The van der Waals surface area contributed by atoms with E-state index in [1.54, 1.807) is 12.1 Å². The molecule has 0 aliphatic carbocycles. The van der Waals surface area contributed by atoms with Gasteiger partial charge in [-0.2, -0.15) is 0 Å². The lowest BCUT2D eigenvalue weighted by Gasteiger charge is -2.26. The lowest BCUT2D eigenvalue weighted by Crippen LogP contribution is -2.38. The number of ether oxygens (including phenoxy) is 2. The fourth-order valence-corrected chi connectivity index (χ4v) is 3.41. The monoisotopic (exact) mass is 374 g/mol. The first-order valence-corrected chi connectivity index (χ1v) is 9.80. The van der Waals surface area contributed by atoms with Crippen LogP contribution in [0, 0.1) is 5.41 Å². The Bertz CT molecular complexity index is 696. The van der Waals surface area contributed by atoms with E-state index in [1.165, 1.54) is 0 Å². The van der Waals surface area contributed by atoms with Crippen molar-refractivity contribution in [1.82, 2.24) is 9.80 Å². The quantitative estimate of drug-likeness (QED) is 0.799. The molecule has 0 N–H and O–H groups in total. The molecule has 6 heteroatoms. The Morgan fingerprint density at radius 3 is 2.33 bits per heavy atom. The van der Waals surface area contributed by atoms with Crippen molar-refractivity contribution >= 4 is 11.8 Å². The second kappa shape index (κ2) is 8.19. The number of hydrogen-bond donors (Lipinski definition) is 0. The number of hydrogen-bond acceptors (Lipinski definition) is 4. The number of benzene rings is 1. The fourth-order valence-electron chi connectivity index (χ4n) is 3.41. The van der Waals surface area contributed by atoms with Gasteiger partial charge in [0.05, 0.1) is 13.2 Å². The number of amides is 2. The molecule has 148 valence electrons. The third kappa shape index (κ3) is 5.15. The van der Waals surface area contributed by atoms with E-state index in [-0.39, 0.29) is 17.2 Å². The fraction of sp³-hybridized carbons (Fsp3) is 0.619. The Morgan fingerprint density at radius 1 is 0.926 bits per heavy atom. The maximum Gasteiger partial charge on any atom is 0.254 e. The summed E-state index contributed by atoms with van der Waals surface area (Å²) >= 11 is 0. The highest BCUT2D eigenvalue weighted by molar-refractivity contribution is 5.95. The summed E-state index contributed by atoms with van der Waals surface area (Å²) < 4.78 is 11.3. The van der Waals surface area contributed by atoms with Crippen molar-refractivity contribution in [2.75, 3.05) is 39.4 Å². The van der Waals surface area contributed by atoms with Gasteiger partial charge in [0.1, 0.15) is 0 Å². The second-order valence-electron chi connectivity index (χ2n) is 8.48. The summed E-state index contributed by atoms with van der Waals surface area (Å²) in [4.78, 5) is 29.2. The van der Waals surface area contributed by atoms with E-state index < -0.39 is 0 Å². The average molecular weight is 374 g/mol. The molecule has 2 heterocycles. The molecule has 0 bridgehead atoms. The summed E-state index contributed by atoms with van der Waals surface area (Å²) in [7, 11) is 0. The minimum Gasteiger partial charge on any atom is -0.490 e. The zero-order valence-electron chi connectivity index (χ0n) is 16.6. The molecule has 1 aromatic rings. The minimum atomic E-state index is -0.0250. The number of carbonyl (C=O) groups is 2. The van der Waals surface area contributed by atoms with Gasteiger partial charge in [-0.05, 0) is 30.0 Å². The summed E-state index contributed by atoms with van der Waals surface area (Å²) in [6, 6.07) is 5.38. The molecule has 0 saturated carbocycles. The van der Waals surface area contributed by atoms with Crippen LogP contribution in [-0.4, -0.2) is 61.0 Å². The van der Waals surface area contributed by atoms with Gasteiger partial charge in [0.15, 0.2) is 11.5 Å². The van der Waals surface area contributed by atoms with Crippen molar-refractivity contribution in [2.45, 2.75) is 40.0 Å². The van der Waals surface area contributed by atoms with Gasteiger partial charge in [-0.15, -0.1) is 0 Å². The van der Waals surface area contributed by atoms with Gasteiger partial charge in [-0.1, -0.05) is 20.8 Å². The van der Waals surface area contributed by atoms with Crippen molar-refractivity contribution in [3.63, 3.8) is 0 Å². The van der Waals surface area contributed by atoms with E-state index in [0.717, 1.165) is 12.8 Å². The van der Waals surface area contributed by atoms with Gasteiger partial charge in [-0.25, -0.2) is 0 Å². The molecule has 0 unspecified atom stereocenters. The zero-order chi connectivity index (χ0) is 19.4. The summed E-state index contributed by atoms with van der Waals surface area (Å²) in [5.41, 5.74) is 0.580. The molecule has 6 nitrogen and oxygen atoms in total. The highest BCUT2D eigenvalue weighted by Gasteiger charge is 2.26. The Balaban J connectivity index is 1.64. The van der Waals surface area contributed by atoms with Gasteiger partial charge in [0.2, 0.25) is 5.91 Å². The van der Waals surface area contributed by atoms with E-state index in [1.807, 2.05) is 15.9 Å². The van der Waals surface area contributed by atoms with Crippen molar-refractivity contribution in [1.29, 1.82) is 0 Å². The Hall–Kier alpha value is -2.24. The highest BCUT2D eigenvalue weighted by Crippen LogP contribution is 2.31. The molecule has 27 heavy (non-hydrogen) atoms. The van der Waals surface area contributed by atoms with Crippen LogP contribution in [0.15, 0.2) is 18.2 Å². The third-order valence-electron chi connectivity index (χ3n) is 4.81. The van der Waals surface area contributed by atoms with Crippen LogP contribution in [0.4, 0.5) is 0 Å². The first kappa shape index (κ1) is 19.5. The first-order valence-electron chi connectivity index (χ1n) is 9.80. The topological polar surface area (TPSA) is 59.1 Å². The van der Waals surface area contributed by atoms with E-state index in [0.29, 0.717) is 62.9 Å². The van der Waals surface area contributed by atoms with Crippen LogP contribution in [0.5, 0.6) is 11.5 Å². The van der Waals surface area contributed by atoms with Gasteiger partial charge in [-0.3, -0.25) is 9.59 Å². The van der Waals surface area contributed by atoms with Crippen LogP contribution in [-0.2, 0) is 4.79 Å². The Morgan fingerprint density at radius 2 is 1.59 bits per heavy atom. The van der Waals surface area contributed by atoms with Crippen LogP contribution >= 0.6 is 0 Å². The average Bonchev–Trinajstić information content (AvgIpc) is 2.99. The molecule has 2 aliphatic heterocycles. The standard InChI is InChI=1S/C21H30N2O4/c1-21(2,3)15-19(24)22-8-4-9-23(11-10-22)20(25)16-6-7-17-18(14-16)27-13-5-12-26-17/h6-7,14H,4-5,8-13,15H2,1-3H3. The predicted octanol–water partition coefficient (Wildman–Crippen LogP) is 2.96. The lowest BCUT2D eigenvalue weighted by molar-refractivity contribution is -0.132. The molecule has 0 spiro atoms. The van der Waals surface area contributed by atoms with Crippen molar-refractivity contribution in [3.05, 3.63) is 23.8 Å². The number of nitrogens with zero attached hydrogens (tertiary/aromatic N) is 2.